The van der Waals surface area contributed by atoms with Crippen LogP contribution in [0.25, 0.3) is 0 Å². The first-order valence-electron chi connectivity index (χ1n) is 5.53. The second kappa shape index (κ2) is 5.01. The summed E-state index contributed by atoms with van der Waals surface area (Å²) < 4.78 is 10.8. The van der Waals surface area contributed by atoms with E-state index in [9.17, 15) is 0 Å². The molecule has 1 aromatic carbocycles. The van der Waals surface area contributed by atoms with Crippen molar-refractivity contribution in [2.75, 3.05) is 7.05 Å². The summed E-state index contributed by atoms with van der Waals surface area (Å²) in [6.45, 7) is 4.78. The highest BCUT2D eigenvalue weighted by atomic mass is 16.6. The summed E-state index contributed by atoms with van der Waals surface area (Å²) in [5.74, 6) is 0.742. The van der Waals surface area contributed by atoms with Crippen molar-refractivity contribution in [2.45, 2.75) is 20.4 Å². The van der Waals surface area contributed by atoms with Gasteiger partial charge in [-0.1, -0.05) is 6.07 Å². The maximum atomic E-state index is 5.54. The molecule has 0 aliphatic carbocycles. The van der Waals surface area contributed by atoms with Gasteiger partial charge in [-0.15, -0.1) is 0 Å². The maximum absolute atomic E-state index is 5.54. The van der Waals surface area contributed by atoms with Crippen molar-refractivity contribution < 1.29 is 9.15 Å². The van der Waals surface area contributed by atoms with Crippen LogP contribution >= 0.6 is 0 Å². The van der Waals surface area contributed by atoms with E-state index in [2.05, 4.69) is 17.2 Å². The predicted octanol–water partition coefficient (Wildman–Crippen LogP) is 2.80. The molecule has 0 saturated carbocycles. The van der Waals surface area contributed by atoms with E-state index in [1.165, 1.54) is 11.1 Å². The Bertz CT molecular complexity index is 506. The zero-order valence-electron chi connectivity index (χ0n) is 10.3. The highest BCUT2D eigenvalue weighted by Gasteiger charge is 2.06. The van der Waals surface area contributed by atoms with Gasteiger partial charge < -0.3 is 14.5 Å². The molecule has 90 valence electrons. The van der Waals surface area contributed by atoms with Crippen LogP contribution in [0.3, 0.4) is 0 Å². The Morgan fingerprint density at radius 1 is 1.29 bits per heavy atom. The molecule has 0 aliphatic heterocycles. The number of benzene rings is 1. The molecule has 0 saturated heterocycles. The fraction of sp³-hybridized carbons (Fsp3) is 0.308. The van der Waals surface area contributed by atoms with Crippen molar-refractivity contribution >= 4 is 0 Å². The number of hydrogen-bond acceptors (Lipinski definition) is 4. The Balaban J connectivity index is 2.11. The third-order valence-electron chi connectivity index (χ3n) is 2.57. The van der Waals surface area contributed by atoms with E-state index in [4.69, 9.17) is 9.15 Å². The molecule has 0 fully saturated rings. The number of nitrogens with zero attached hydrogens (tertiary/aromatic N) is 1. The Morgan fingerprint density at radius 3 is 2.82 bits per heavy atom. The standard InChI is InChI=1S/C13H16N2O2/c1-9-4-5-12(6-10(9)2)17-13-15-11(7-14-3)8-16-13/h4-6,8,14H,7H2,1-3H3. The van der Waals surface area contributed by atoms with Gasteiger partial charge in [-0.2, -0.15) is 4.98 Å². The van der Waals surface area contributed by atoms with Crippen LogP contribution in [0.1, 0.15) is 16.8 Å². The van der Waals surface area contributed by atoms with Gasteiger partial charge in [0.15, 0.2) is 0 Å². The average Bonchev–Trinajstić information content (AvgIpc) is 2.72. The summed E-state index contributed by atoms with van der Waals surface area (Å²) in [7, 11) is 1.86. The molecular formula is C13H16N2O2. The van der Waals surface area contributed by atoms with Crippen LogP contribution < -0.4 is 10.1 Å². The molecule has 0 bridgehead atoms. The third kappa shape index (κ3) is 2.85. The number of oxazole rings is 1. The summed E-state index contributed by atoms with van der Waals surface area (Å²) in [6, 6.07) is 5.89. The van der Waals surface area contributed by atoms with Crippen LogP contribution in [0, 0.1) is 13.8 Å². The van der Waals surface area contributed by atoms with Crippen LogP contribution in [0.2, 0.25) is 0 Å². The molecule has 0 amide bonds. The number of hydrogen-bond donors (Lipinski definition) is 1. The second-order valence-electron chi connectivity index (χ2n) is 3.98. The number of nitrogens with one attached hydrogen (secondary N) is 1. The number of rotatable bonds is 4. The van der Waals surface area contributed by atoms with Gasteiger partial charge in [-0.05, 0) is 44.2 Å². The van der Waals surface area contributed by atoms with E-state index in [1.807, 2.05) is 32.2 Å². The number of aromatic nitrogens is 1. The van der Waals surface area contributed by atoms with Gasteiger partial charge in [-0.3, -0.25) is 0 Å². The van der Waals surface area contributed by atoms with Crippen LogP contribution in [0.15, 0.2) is 28.9 Å². The van der Waals surface area contributed by atoms with Crippen molar-refractivity contribution in [1.82, 2.24) is 10.3 Å². The highest BCUT2D eigenvalue weighted by Crippen LogP contribution is 2.22. The molecule has 1 aromatic heterocycles. The molecule has 0 spiro atoms. The number of ether oxygens (including phenoxy) is 1. The molecule has 0 radical (unpaired) electrons. The first-order chi connectivity index (χ1) is 8.19. The van der Waals surface area contributed by atoms with E-state index >= 15 is 0 Å². The predicted molar refractivity (Wildman–Crippen MR) is 65.3 cm³/mol. The lowest BCUT2D eigenvalue weighted by Crippen LogP contribution is -2.04. The topological polar surface area (TPSA) is 47.3 Å². The SMILES string of the molecule is CNCc1coc(Oc2ccc(C)c(C)c2)n1. The molecular weight excluding hydrogens is 216 g/mol. The Morgan fingerprint density at radius 2 is 2.12 bits per heavy atom. The third-order valence-corrected chi connectivity index (χ3v) is 2.57. The van der Waals surface area contributed by atoms with Gasteiger partial charge in [-0.25, -0.2) is 0 Å². The summed E-state index contributed by atoms with van der Waals surface area (Å²) in [5.41, 5.74) is 3.25. The van der Waals surface area contributed by atoms with Gasteiger partial charge >= 0.3 is 6.08 Å². The Hall–Kier alpha value is -1.81. The molecule has 2 rings (SSSR count). The van der Waals surface area contributed by atoms with Crippen LogP contribution in [-0.4, -0.2) is 12.0 Å². The second-order valence-corrected chi connectivity index (χ2v) is 3.98. The van der Waals surface area contributed by atoms with Crippen LogP contribution in [0.5, 0.6) is 11.8 Å². The monoisotopic (exact) mass is 232 g/mol. The fourth-order valence-electron chi connectivity index (χ4n) is 1.48. The minimum absolute atomic E-state index is 0.276. The van der Waals surface area contributed by atoms with Gasteiger partial charge in [0.2, 0.25) is 0 Å². The zero-order chi connectivity index (χ0) is 12.3. The van der Waals surface area contributed by atoms with Crippen LogP contribution in [-0.2, 0) is 6.54 Å². The lowest BCUT2D eigenvalue weighted by molar-refractivity contribution is 0.330. The van der Waals surface area contributed by atoms with Gasteiger partial charge in [0.25, 0.3) is 0 Å². The molecule has 4 nitrogen and oxygen atoms in total. The molecule has 1 heterocycles. The molecule has 17 heavy (non-hydrogen) atoms. The van der Waals surface area contributed by atoms with E-state index in [1.54, 1.807) is 6.26 Å². The zero-order valence-corrected chi connectivity index (χ0v) is 10.3. The first-order valence-corrected chi connectivity index (χ1v) is 5.53. The summed E-state index contributed by atoms with van der Waals surface area (Å²) in [4.78, 5) is 4.20. The highest BCUT2D eigenvalue weighted by molar-refractivity contribution is 5.34. The van der Waals surface area contributed by atoms with Crippen LogP contribution in [0.4, 0.5) is 0 Å². The quantitative estimate of drug-likeness (QED) is 0.880. The molecule has 0 unspecified atom stereocenters. The summed E-state index contributed by atoms with van der Waals surface area (Å²) in [6.07, 6.45) is 1.87. The van der Waals surface area contributed by atoms with Crippen molar-refractivity contribution in [3.8, 4) is 11.8 Å². The summed E-state index contributed by atoms with van der Waals surface area (Å²) >= 11 is 0. The fourth-order valence-corrected chi connectivity index (χ4v) is 1.48. The van der Waals surface area contributed by atoms with E-state index in [-0.39, 0.29) is 6.08 Å². The minimum Gasteiger partial charge on any atom is -0.417 e. The van der Waals surface area contributed by atoms with Gasteiger partial charge in [0, 0.05) is 6.54 Å². The maximum Gasteiger partial charge on any atom is 0.399 e. The first kappa shape index (κ1) is 11.7. The average molecular weight is 232 g/mol. The molecule has 0 aliphatic rings. The van der Waals surface area contributed by atoms with E-state index < -0.39 is 0 Å². The Kier molecular flexibility index (Phi) is 3.44. The Labute approximate surface area is 101 Å². The molecule has 1 N–H and O–H groups in total. The lowest BCUT2D eigenvalue weighted by Gasteiger charge is -2.03. The van der Waals surface area contributed by atoms with Crippen molar-refractivity contribution in [3.05, 3.63) is 41.3 Å². The van der Waals surface area contributed by atoms with E-state index in [0.29, 0.717) is 6.54 Å². The van der Waals surface area contributed by atoms with Gasteiger partial charge in [0.05, 0.1) is 5.69 Å². The number of aryl methyl sites for hydroxylation is 2. The summed E-state index contributed by atoms with van der Waals surface area (Å²) in [5, 5.41) is 3.00. The smallest absolute Gasteiger partial charge is 0.399 e. The van der Waals surface area contributed by atoms with E-state index in [0.717, 1.165) is 11.4 Å². The van der Waals surface area contributed by atoms with Gasteiger partial charge in [0.1, 0.15) is 12.0 Å². The normalized spacial score (nSPS) is 10.5. The van der Waals surface area contributed by atoms with Crippen molar-refractivity contribution in [1.29, 1.82) is 0 Å². The van der Waals surface area contributed by atoms with Crippen molar-refractivity contribution in [2.24, 2.45) is 0 Å². The van der Waals surface area contributed by atoms with Crippen molar-refractivity contribution in [3.63, 3.8) is 0 Å². The minimum atomic E-state index is 0.276. The molecule has 0 atom stereocenters. The largest absolute Gasteiger partial charge is 0.417 e. The molecule has 4 heteroatoms. The molecule has 2 aromatic rings. The lowest BCUT2D eigenvalue weighted by atomic mass is 10.1.